The molecule has 90 valence electrons. The zero-order valence-corrected chi connectivity index (χ0v) is 10.3. The molecule has 0 amide bonds. The van der Waals surface area contributed by atoms with Crippen LogP contribution in [-0.2, 0) is 9.31 Å². The molecular weight excluding hydrogens is 243 g/mol. The summed E-state index contributed by atoms with van der Waals surface area (Å²) < 4.78 is 24.6. The van der Waals surface area contributed by atoms with Gasteiger partial charge in [-0.2, -0.15) is 0 Å². The minimum atomic E-state index is -0.750. The fourth-order valence-electron chi connectivity index (χ4n) is 1.52. The fraction of sp³-hybridized carbons (Fsp3) is 0.273. The molecule has 1 heterocycles. The third-order valence-corrected chi connectivity index (χ3v) is 3.10. The Balaban J connectivity index is 2.38. The summed E-state index contributed by atoms with van der Waals surface area (Å²) in [5.74, 6) is -0.178. The van der Waals surface area contributed by atoms with E-state index in [1.54, 1.807) is 6.07 Å². The molecule has 0 bridgehead atoms. The number of hydrogen-bond donors (Lipinski definition) is 1. The van der Waals surface area contributed by atoms with Crippen LogP contribution in [0.1, 0.15) is 13.8 Å². The van der Waals surface area contributed by atoms with Crippen LogP contribution in [0.15, 0.2) is 24.5 Å². The van der Waals surface area contributed by atoms with Gasteiger partial charge in [0.05, 0.1) is 16.5 Å². The molecule has 3 nitrogen and oxygen atoms in total. The summed E-state index contributed by atoms with van der Waals surface area (Å²) in [6, 6.07) is 3.01. The van der Waals surface area contributed by atoms with Crippen LogP contribution in [0.2, 0.25) is 5.02 Å². The van der Waals surface area contributed by atoms with E-state index in [0.29, 0.717) is 11.2 Å². The van der Waals surface area contributed by atoms with E-state index in [1.165, 1.54) is 6.07 Å². The molecule has 1 saturated heterocycles. The molecular formula is C11H12BClFNO2. The van der Waals surface area contributed by atoms with Gasteiger partial charge in [-0.1, -0.05) is 24.2 Å². The average molecular weight is 255 g/mol. The van der Waals surface area contributed by atoms with Gasteiger partial charge in [-0.05, 0) is 19.9 Å². The Morgan fingerprint density at radius 2 is 2.12 bits per heavy atom. The zero-order valence-electron chi connectivity index (χ0n) is 9.59. The third kappa shape index (κ3) is 2.00. The Bertz CT molecular complexity index is 493. The fourth-order valence-corrected chi connectivity index (χ4v) is 1.78. The number of nitrogen functional groups attached to an aromatic ring is 1. The number of benzene rings is 1. The molecule has 1 aromatic rings. The maximum Gasteiger partial charge on any atom is 0.565 e. The standard InChI is InChI=1S/C11H12BClFNO2/c1-6-11(2,3)17-12(16-6)7-4-5-8(15)10(14)9(7)13/h4-5H,1,15H2,2-3H3. The van der Waals surface area contributed by atoms with Crippen molar-refractivity contribution in [3.63, 3.8) is 0 Å². The van der Waals surface area contributed by atoms with Gasteiger partial charge in [-0.3, -0.25) is 0 Å². The van der Waals surface area contributed by atoms with Gasteiger partial charge >= 0.3 is 7.12 Å². The van der Waals surface area contributed by atoms with Crippen LogP contribution in [0, 0.1) is 5.82 Å². The molecule has 1 aliphatic rings. The Labute approximate surface area is 104 Å². The van der Waals surface area contributed by atoms with Crippen molar-refractivity contribution >= 4 is 29.9 Å². The van der Waals surface area contributed by atoms with Crippen molar-refractivity contribution in [1.29, 1.82) is 0 Å². The molecule has 0 spiro atoms. The highest BCUT2D eigenvalue weighted by atomic mass is 35.5. The highest BCUT2D eigenvalue weighted by molar-refractivity contribution is 6.66. The smallest absolute Gasteiger partial charge is 0.534 e. The number of hydrogen-bond acceptors (Lipinski definition) is 3. The summed E-state index contributed by atoms with van der Waals surface area (Å²) in [7, 11) is -0.750. The van der Waals surface area contributed by atoms with E-state index >= 15 is 0 Å². The van der Waals surface area contributed by atoms with Crippen LogP contribution in [-0.4, -0.2) is 12.7 Å². The molecule has 1 fully saturated rings. The third-order valence-electron chi connectivity index (χ3n) is 2.72. The number of rotatable bonds is 1. The first-order valence-corrected chi connectivity index (χ1v) is 5.48. The topological polar surface area (TPSA) is 44.5 Å². The number of anilines is 1. The SMILES string of the molecule is C=C1OB(c2ccc(N)c(F)c2Cl)OC1(C)C. The second kappa shape index (κ2) is 3.93. The Morgan fingerprint density at radius 1 is 1.47 bits per heavy atom. The van der Waals surface area contributed by atoms with Gasteiger partial charge < -0.3 is 15.0 Å². The van der Waals surface area contributed by atoms with Gasteiger partial charge in [0.1, 0.15) is 5.60 Å². The maximum absolute atomic E-state index is 13.5. The Kier molecular flexibility index (Phi) is 2.83. The van der Waals surface area contributed by atoms with Crippen LogP contribution in [0.25, 0.3) is 0 Å². The molecule has 1 aromatic carbocycles. The normalized spacial score (nSPS) is 18.4. The van der Waals surface area contributed by atoms with E-state index < -0.39 is 18.5 Å². The van der Waals surface area contributed by atoms with Crippen LogP contribution in [0.5, 0.6) is 0 Å². The molecule has 2 N–H and O–H groups in total. The Morgan fingerprint density at radius 3 is 2.65 bits per heavy atom. The molecule has 0 radical (unpaired) electrons. The second-order valence-corrected chi connectivity index (χ2v) is 4.75. The highest BCUT2D eigenvalue weighted by Gasteiger charge is 2.44. The molecule has 2 rings (SSSR count). The van der Waals surface area contributed by atoms with Crippen molar-refractivity contribution in [3.8, 4) is 0 Å². The lowest BCUT2D eigenvalue weighted by Gasteiger charge is -2.15. The Hall–Kier alpha value is -1.20. The first kappa shape index (κ1) is 12.3. The monoisotopic (exact) mass is 255 g/mol. The number of halogens is 2. The number of nitrogens with two attached hydrogens (primary N) is 1. The van der Waals surface area contributed by atoms with Crippen LogP contribution >= 0.6 is 11.6 Å². The van der Waals surface area contributed by atoms with E-state index in [1.807, 2.05) is 13.8 Å². The van der Waals surface area contributed by atoms with Crippen molar-refractivity contribution < 1.29 is 13.7 Å². The van der Waals surface area contributed by atoms with Gasteiger partial charge in [-0.25, -0.2) is 4.39 Å². The van der Waals surface area contributed by atoms with Crippen molar-refractivity contribution in [1.82, 2.24) is 0 Å². The van der Waals surface area contributed by atoms with Crippen molar-refractivity contribution in [2.75, 3.05) is 5.73 Å². The lowest BCUT2D eigenvalue weighted by Crippen LogP contribution is -2.35. The van der Waals surface area contributed by atoms with Gasteiger partial charge in [-0.15, -0.1) is 0 Å². The quantitative estimate of drug-likeness (QED) is 0.617. The molecule has 0 unspecified atom stereocenters. The largest absolute Gasteiger partial charge is 0.565 e. The zero-order chi connectivity index (χ0) is 12.8. The minimum absolute atomic E-state index is 0.00478. The van der Waals surface area contributed by atoms with Crippen LogP contribution in [0.4, 0.5) is 10.1 Å². The summed E-state index contributed by atoms with van der Waals surface area (Å²) in [6.07, 6.45) is 0. The highest BCUT2D eigenvalue weighted by Crippen LogP contribution is 2.30. The van der Waals surface area contributed by atoms with Crippen LogP contribution < -0.4 is 11.2 Å². The van der Waals surface area contributed by atoms with Gasteiger partial charge in [0, 0.05) is 5.46 Å². The summed E-state index contributed by atoms with van der Waals surface area (Å²) in [4.78, 5) is 0. The molecule has 0 aliphatic carbocycles. The summed E-state index contributed by atoms with van der Waals surface area (Å²) >= 11 is 5.87. The van der Waals surface area contributed by atoms with E-state index in [-0.39, 0.29) is 10.7 Å². The average Bonchev–Trinajstić information content (AvgIpc) is 2.50. The second-order valence-electron chi connectivity index (χ2n) is 4.37. The van der Waals surface area contributed by atoms with Gasteiger partial charge in [0.15, 0.2) is 5.82 Å². The summed E-state index contributed by atoms with van der Waals surface area (Å²) in [5, 5.41) is -0.0829. The predicted molar refractivity (Wildman–Crippen MR) is 66.6 cm³/mol. The van der Waals surface area contributed by atoms with E-state index in [2.05, 4.69) is 6.58 Å². The first-order chi connectivity index (χ1) is 7.83. The molecule has 17 heavy (non-hydrogen) atoms. The molecule has 1 aliphatic heterocycles. The van der Waals surface area contributed by atoms with E-state index in [0.717, 1.165) is 0 Å². The molecule has 0 saturated carbocycles. The van der Waals surface area contributed by atoms with Crippen LogP contribution in [0.3, 0.4) is 0 Å². The van der Waals surface area contributed by atoms with Crippen molar-refractivity contribution in [2.24, 2.45) is 0 Å². The maximum atomic E-state index is 13.5. The van der Waals surface area contributed by atoms with Gasteiger partial charge in [0.2, 0.25) is 0 Å². The lowest BCUT2D eigenvalue weighted by molar-refractivity contribution is 0.173. The minimum Gasteiger partial charge on any atom is -0.534 e. The lowest BCUT2D eigenvalue weighted by atomic mass is 9.79. The summed E-state index contributed by atoms with van der Waals surface area (Å²) in [6.45, 7) is 7.38. The molecule has 6 heteroatoms. The van der Waals surface area contributed by atoms with E-state index in [4.69, 9.17) is 26.6 Å². The van der Waals surface area contributed by atoms with Crippen molar-refractivity contribution in [3.05, 3.63) is 35.3 Å². The van der Waals surface area contributed by atoms with E-state index in [9.17, 15) is 4.39 Å². The van der Waals surface area contributed by atoms with Gasteiger partial charge in [0.25, 0.3) is 0 Å². The van der Waals surface area contributed by atoms with Crippen molar-refractivity contribution in [2.45, 2.75) is 19.4 Å². The summed E-state index contributed by atoms with van der Waals surface area (Å²) in [5.41, 5.74) is 5.19. The first-order valence-electron chi connectivity index (χ1n) is 5.10. The predicted octanol–water partition coefficient (Wildman–Crippen LogP) is 2.10. The molecule has 0 aromatic heterocycles. The molecule has 0 atom stereocenters.